The molecule has 0 aliphatic heterocycles. The summed E-state index contributed by atoms with van der Waals surface area (Å²) < 4.78 is 15.2. The van der Waals surface area contributed by atoms with Crippen molar-refractivity contribution in [2.75, 3.05) is 4.90 Å². The second-order valence-electron chi connectivity index (χ2n) is 14.5. The molecule has 0 atom stereocenters. The summed E-state index contributed by atoms with van der Waals surface area (Å²) in [5.74, 6) is 0. The highest BCUT2D eigenvalue weighted by atomic mass is 16.3. The first-order valence-corrected chi connectivity index (χ1v) is 19.0. The van der Waals surface area contributed by atoms with E-state index in [1.807, 2.05) is 24.3 Å². The Balaban J connectivity index is 1.05. The molecule has 0 fully saturated rings. The molecule has 0 amide bonds. The monoisotopic (exact) mass is 716 g/mol. The van der Waals surface area contributed by atoms with Crippen LogP contribution in [0.25, 0.3) is 93.3 Å². The highest BCUT2D eigenvalue weighted by Crippen LogP contribution is 2.44. The van der Waals surface area contributed by atoms with E-state index in [9.17, 15) is 0 Å². The number of benzene rings is 8. The van der Waals surface area contributed by atoms with E-state index < -0.39 is 0 Å². The molecule has 4 heteroatoms. The van der Waals surface area contributed by atoms with Crippen molar-refractivity contribution in [3.8, 4) is 22.3 Å². The molecule has 0 N–H and O–H groups in total. The summed E-state index contributed by atoms with van der Waals surface area (Å²) in [7, 11) is 0. The molecule has 262 valence electrons. The van der Waals surface area contributed by atoms with Crippen LogP contribution in [0.4, 0.5) is 17.1 Å². The quantitative estimate of drug-likeness (QED) is 0.178. The number of pyridine rings is 1. The van der Waals surface area contributed by atoms with E-state index in [1.54, 1.807) is 0 Å². The number of rotatable bonds is 5. The lowest BCUT2D eigenvalue weighted by Gasteiger charge is -2.25. The van der Waals surface area contributed by atoms with Gasteiger partial charge < -0.3 is 18.1 Å². The van der Waals surface area contributed by atoms with Crippen LogP contribution in [0.1, 0.15) is 0 Å². The van der Waals surface area contributed by atoms with Crippen LogP contribution in [0.3, 0.4) is 0 Å². The Kier molecular flexibility index (Phi) is 6.60. The van der Waals surface area contributed by atoms with Crippen LogP contribution in [-0.4, -0.2) is 4.40 Å². The Morgan fingerprint density at radius 2 is 0.964 bits per heavy atom. The molecule has 0 saturated carbocycles. The molecule has 4 nitrogen and oxygen atoms in total. The van der Waals surface area contributed by atoms with Gasteiger partial charge in [0.1, 0.15) is 22.3 Å². The number of anilines is 3. The second kappa shape index (κ2) is 12.0. The molecule has 0 aliphatic rings. The van der Waals surface area contributed by atoms with Crippen LogP contribution >= 0.6 is 0 Å². The van der Waals surface area contributed by atoms with Crippen LogP contribution in [0, 0.1) is 0 Å². The van der Waals surface area contributed by atoms with Gasteiger partial charge in [0, 0.05) is 73.3 Å². The fraction of sp³-hybridized carbons (Fsp3) is 0. The number of para-hydroxylation sites is 3. The van der Waals surface area contributed by atoms with Crippen molar-refractivity contribution in [3.63, 3.8) is 0 Å². The lowest BCUT2D eigenvalue weighted by atomic mass is 9.94. The van der Waals surface area contributed by atoms with Gasteiger partial charge in [-0.3, -0.25) is 0 Å². The molecule has 0 bridgehead atoms. The van der Waals surface area contributed by atoms with E-state index >= 15 is 0 Å². The number of hydrogen-bond acceptors (Lipinski definition) is 3. The summed E-state index contributed by atoms with van der Waals surface area (Å²) >= 11 is 0. The van der Waals surface area contributed by atoms with Gasteiger partial charge in [0.15, 0.2) is 0 Å². The summed E-state index contributed by atoms with van der Waals surface area (Å²) in [6.45, 7) is 0. The third-order valence-corrected chi connectivity index (χ3v) is 11.4. The van der Waals surface area contributed by atoms with Crippen molar-refractivity contribution >= 4 is 88.1 Å². The molecule has 0 spiro atoms. The van der Waals surface area contributed by atoms with Gasteiger partial charge in [-0.05, 0) is 82.7 Å². The lowest BCUT2D eigenvalue weighted by Crippen LogP contribution is -2.09. The second-order valence-corrected chi connectivity index (χ2v) is 14.5. The van der Waals surface area contributed by atoms with Crippen molar-refractivity contribution in [1.29, 1.82) is 0 Å². The SMILES string of the molecule is c1ccc(-c2c3ccccc3n3ccc4cccc(-c5ccc(N(c6ccc7c(c6)oc6ccccc67)c6ccc7c(c6)oc6ccccc67)cc5)c4c23)cc1. The Hall–Kier alpha value is -7.56. The van der Waals surface area contributed by atoms with Crippen molar-refractivity contribution in [1.82, 2.24) is 4.40 Å². The number of furan rings is 2. The van der Waals surface area contributed by atoms with Crippen molar-refractivity contribution in [3.05, 3.63) is 194 Å². The Morgan fingerprint density at radius 1 is 0.393 bits per heavy atom. The largest absolute Gasteiger partial charge is 0.456 e. The van der Waals surface area contributed by atoms with Crippen LogP contribution < -0.4 is 4.90 Å². The predicted molar refractivity (Wildman–Crippen MR) is 233 cm³/mol. The highest BCUT2D eigenvalue weighted by molar-refractivity contribution is 6.18. The Labute approximate surface area is 321 Å². The average molecular weight is 717 g/mol. The first kappa shape index (κ1) is 30.9. The van der Waals surface area contributed by atoms with Gasteiger partial charge in [-0.15, -0.1) is 0 Å². The summed E-state index contributed by atoms with van der Waals surface area (Å²) in [5.41, 5.74) is 13.7. The lowest BCUT2D eigenvalue weighted by molar-refractivity contribution is 0.669. The molecule has 12 aromatic rings. The van der Waals surface area contributed by atoms with Gasteiger partial charge in [0.05, 0.1) is 11.0 Å². The predicted octanol–water partition coefficient (Wildman–Crippen LogP) is 14.8. The van der Waals surface area contributed by atoms with Gasteiger partial charge in [0.25, 0.3) is 0 Å². The average Bonchev–Trinajstić information content (AvgIpc) is 3.93. The molecule has 12 rings (SSSR count). The summed E-state index contributed by atoms with van der Waals surface area (Å²) in [5, 5.41) is 8.12. The van der Waals surface area contributed by atoms with Gasteiger partial charge in [-0.1, -0.05) is 115 Å². The van der Waals surface area contributed by atoms with Crippen LogP contribution in [0.15, 0.2) is 203 Å². The van der Waals surface area contributed by atoms with Crippen molar-refractivity contribution in [2.45, 2.75) is 0 Å². The number of fused-ring (bicyclic) bond motifs is 11. The zero-order valence-electron chi connectivity index (χ0n) is 30.2. The molecule has 8 aromatic carbocycles. The summed E-state index contributed by atoms with van der Waals surface area (Å²) in [4.78, 5) is 2.29. The first-order chi connectivity index (χ1) is 27.8. The Bertz CT molecular complexity index is 3370. The van der Waals surface area contributed by atoms with Gasteiger partial charge in [0.2, 0.25) is 0 Å². The molecule has 4 heterocycles. The zero-order valence-corrected chi connectivity index (χ0v) is 30.2. The van der Waals surface area contributed by atoms with Gasteiger partial charge in [-0.2, -0.15) is 0 Å². The highest BCUT2D eigenvalue weighted by Gasteiger charge is 2.20. The minimum atomic E-state index is 0.851. The van der Waals surface area contributed by atoms with E-state index in [-0.39, 0.29) is 0 Å². The summed E-state index contributed by atoms with van der Waals surface area (Å²) in [6.07, 6.45) is 2.22. The van der Waals surface area contributed by atoms with Crippen molar-refractivity contribution < 1.29 is 8.83 Å². The maximum Gasteiger partial charge on any atom is 0.137 e. The van der Waals surface area contributed by atoms with Crippen molar-refractivity contribution in [2.24, 2.45) is 0 Å². The molecular weight excluding hydrogens is 685 g/mol. The minimum Gasteiger partial charge on any atom is -0.456 e. The molecule has 0 radical (unpaired) electrons. The van der Waals surface area contributed by atoms with Crippen LogP contribution in [-0.2, 0) is 0 Å². The third kappa shape index (κ3) is 4.60. The number of aromatic nitrogens is 1. The van der Waals surface area contributed by atoms with E-state index in [2.05, 4.69) is 179 Å². The van der Waals surface area contributed by atoms with Crippen LogP contribution in [0.5, 0.6) is 0 Å². The molecule has 0 saturated heterocycles. The van der Waals surface area contributed by atoms with Gasteiger partial charge >= 0.3 is 0 Å². The Morgan fingerprint density at radius 3 is 1.64 bits per heavy atom. The van der Waals surface area contributed by atoms with Gasteiger partial charge in [-0.25, -0.2) is 0 Å². The maximum absolute atomic E-state index is 6.39. The molecule has 0 unspecified atom stereocenters. The number of nitrogens with zero attached hydrogens (tertiary/aromatic N) is 2. The van der Waals surface area contributed by atoms with E-state index in [0.29, 0.717) is 0 Å². The molecule has 0 aliphatic carbocycles. The third-order valence-electron chi connectivity index (χ3n) is 11.4. The molecule has 56 heavy (non-hydrogen) atoms. The standard InChI is InChI=1S/C52H32N2O2/c1-2-11-34(12-3-1)51-44-16-4-7-18-45(44)53-30-29-35-13-10-17-39(50(35)52(51)53)33-21-23-36(24-22-33)54(37-25-27-42-40-14-5-8-19-46(40)55-48(42)31-37)38-26-28-43-41-15-6-9-20-47(41)56-49(43)32-38/h1-32H. The topological polar surface area (TPSA) is 33.9 Å². The van der Waals surface area contributed by atoms with Crippen LogP contribution in [0.2, 0.25) is 0 Å². The fourth-order valence-corrected chi connectivity index (χ4v) is 8.87. The minimum absolute atomic E-state index is 0.851. The number of hydrogen-bond donors (Lipinski definition) is 0. The molecule has 4 aromatic heterocycles. The van der Waals surface area contributed by atoms with E-state index in [4.69, 9.17) is 8.83 Å². The van der Waals surface area contributed by atoms with E-state index in [1.165, 1.54) is 43.9 Å². The summed E-state index contributed by atoms with van der Waals surface area (Å²) in [6, 6.07) is 66.8. The maximum atomic E-state index is 6.39. The first-order valence-electron chi connectivity index (χ1n) is 19.0. The zero-order chi connectivity index (χ0) is 36.7. The smallest absolute Gasteiger partial charge is 0.137 e. The normalized spacial score (nSPS) is 11.9. The fourth-order valence-electron chi connectivity index (χ4n) is 8.87. The van der Waals surface area contributed by atoms with E-state index in [0.717, 1.165) is 66.5 Å². The molecular formula is C52H32N2O2.